The van der Waals surface area contributed by atoms with E-state index in [1.54, 1.807) is 14.0 Å². The molecule has 0 N–H and O–H groups in total. The highest BCUT2D eigenvalue weighted by Crippen LogP contribution is 2.26. The largest absolute Gasteiger partial charge is 0.497 e. The van der Waals surface area contributed by atoms with Crippen molar-refractivity contribution >= 4 is 27.4 Å². The minimum atomic E-state index is 0.0591. The van der Waals surface area contributed by atoms with Gasteiger partial charge >= 0.3 is 0 Å². The van der Waals surface area contributed by atoms with Crippen LogP contribution >= 0.6 is 15.9 Å². The minimum Gasteiger partial charge on any atom is -0.497 e. The second-order valence-electron chi connectivity index (χ2n) is 4.93. The van der Waals surface area contributed by atoms with Crippen LogP contribution in [0.4, 0.5) is 5.69 Å². The maximum absolute atomic E-state index is 11.8. The standard InChI is InChI=1S/C17H18BrNO2/c1-12(20)16-10-14(18)7-8-17(16)19(2)11-13-5-4-6-15(9-13)21-3/h4-10H,11H2,1-3H3. The van der Waals surface area contributed by atoms with Gasteiger partial charge in [-0.1, -0.05) is 28.1 Å². The van der Waals surface area contributed by atoms with Crippen LogP contribution in [-0.2, 0) is 6.54 Å². The van der Waals surface area contributed by atoms with E-state index < -0.39 is 0 Å². The summed E-state index contributed by atoms with van der Waals surface area (Å²) < 4.78 is 6.15. The number of rotatable bonds is 5. The summed E-state index contributed by atoms with van der Waals surface area (Å²) in [5, 5.41) is 0. The normalized spacial score (nSPS) is 10.3. The summed E-state index contributed by atoms with van der Waals surface area (Å²) in [7, 11) is 3.64. The third-order valence-electron chi connectivity index (χ3n) is 3.30. The first-order chi connectivity index (χ1) is 10.0. The number of carbonyl (C=O) groups is 1. The van der Waals surface area contributed by atoms with Crippen LogP contribution < -0.4 is 9.64 Å². The van der Waals surface area contributed by atoms with Gasteiger partial charge in [0.25, 0.3) is 0 Å². The van der Waals surface area contributed by atoms with Crippen molar-refractivity contribution in [2.24, 2.45) is 0 Å². The third kappa shape index (κ3) is 3.85. The summed E-state index contributed by atoms with van der Waals surface area (Å²) in [6, 6.07) is 13.7. The predicted molar refractivity (Wildman–Crippen MR) is 89.2 cm³/mol. The van der Waals surface area contributed by atoms with Gasteiger partial charge in [-0.25, -0.2) is 0 Å². The van der Waals surface area contributed by atoms with Gasteiger partial charge in [0.1, 0.15) is 5.75 Å². The van der Waals surface area contributed by atoms with E-state index in [0.29, 0.717) is 6.54 Å². The summed E-state index contributed by atoms with van der Waals surface area (Å²) in [6.45, 7) is 2.30. The lowest BCUT2D eigenvalue weighted by molar-refractivity contribution is 0.101. The lowest BCUT2D eigenvalue weighted by Crippen LogP contribution is -2.19. The van der Waals surface area contributed by atoms with Crippen LogP contribution in [0, 0.1) is 0 Å². The zero-order valence-electron chi connectivity index (χ0n) is 12.4. The van der Waals surface area contributed by atoms with E-state index in [9.17, 15) is 4.79 Å². The molecular weight excluding hydrogens is 330 g/mol. The molecule has 0 fully saturated rings. The lowest BCUT2D eigenvalue weighted by Gasteiger charge is -2.22. The number of benzene rings is 2. The second kappa shape index (κ2) is 6.76. The summed E-state index contributed by atoms with van der Waals surface area (Å²) >= 11 is 3.41. The Morgan fingerprint density at radius 3 is 2.67 bits per heavy atom. The SMILES string of the molecule is COc1cccc(CN(C)c2ccc(Br)cc2C(C)=O)c1. The Kier molecular flexibility index (Phi) is 5.02. The van der Waals surface area contributed by atoms with E-state index >= 15 is 0 Å². The Bertz CT molecular complexity index is 655. The molecule has 4 heteroatoms. The predicted octanol–water partition coefficient (Wildman–Crippen LogP) is 4.30. The fourth-order valence-electron chi connectivity index (χ4n) is 2.25. The van der Waals surface area contributed by atoms with Crippen molar-refractivity contribution in [2.45, 2.75) is 13.5 Å². The fourth-order valence-corrected chi connectivity index (χ4v) is 2.61. The minimum absolute atomic E-state index is 0.0591. The first kappa shape index (κ1) is 15.6. The van der Waals surface area contributed by atoms with E-state index in [0.717, 1.165) is 27.0 Å². The molecule has 0 amide bonds. The highest BCUT2D eigenvalue weighted by Gasteiger charge is 2.12. The van der Waals surface area contributed by atoms with Crippen molar-refractivity contribution in [3.05, 3.63) is 58.1 Å². The Morgan fingerprint density at radius 2 is 2.00 bits per heavy atom. The number of carbonyl (C=O) groups excluding carboxylic acids is 1. The van der Waals surface area contributed by atoms with Gasteiger partial charge in [-0.15, -0.1) is 0 Å². The number of Topliss-reactive ketones (excluding diaryl/α,β-unsaturated/α-hetero) is 1. The van der Waals surface area contributed by atoms with Crippen molar-refractivity contribution in [3.63, 3.8) is 0 Å². The molecule has 0 atom stereocenters. The fraction of sp³-hybridized carbons (Fsp3) is 0.235. The number of hydrogen-bond donors (Lipinski definition) is 0. The van der Waals surface area contributed by atoms with Crippen LogP contribution in [0.25, 0.3) is 0 Å². The van der Waals surface area contributed by atoms with E-state index in [1.807, 2.05) is 49.5 Å². The van der Waals surface area contributed by atoms with Gasteiger partial charge in [-0.2, -0.15) is 0 Å². The van der Waals surface area contributed by atoms with Crippen molar-refractivity contribution < 1.29 is 9.53 Å². The third-order valence-corrected chi connectivity index (χ3v) is 3.80. The number of methoxy groups -OCH3 is 1. The van der Waals surface area contributed by atoms with Crippen LogP contribution in [0.15, 0.2) is 46.9 Å². The van der Waals surface area contributed by atoms with Gasteiger partial charge in [0.05, 0.1) is 7.11 Å². The second-order valence-corrected chi connectivity index (χ2v) is 5.84. The van der Waals surface area contributed by atoms with E-state index in [4.69, 9.17) is 4.74 Å². The molecule has 0 spiro atoms. The number of halogens is 1. The van der Waals surface area contributed by atoms with Crippen LogP contribution in [0.2, 0.25) is 0 Å². The van der Waals surface area contributed by atoms with Crippen molar-refractivity contribution in [1.82, 2.24) is 0 Å². The molecular formula is C17H18BrNO2. The Morgan fingerprint density at radius 1 is 1.24 bits per heavy atom. The molecule has 0 radical (unpaired) electrons. The molecule has 0 heterocycles. The highest BCUT2D eigenvalue weighted by atomic mass is 79.9. The molecule has 0 aromatic heterocycles. The zero-order chi connectivity index (χ0) is 15.4. The topological polar surface area (TPSA) is 29.5 Å². The molecule has 0 aliphatic heterocycles. The van der Waals surface area contributed by atoms with Crippen LogP contribution in [0.3, 0.4) is 0 Å². The maximum Gasteiger partial charge on any atom is 0.161 e. The van der Waals surface area contributed by atoms with E-state index in [1.165, 1.54) is 0 Å². The van der Waals surface area contributed by atoms with Crippen LogP contribution in [0.5, 0.6) is 5.75 Å². The van der Waals surface area contributed by atoms with Crippen molar-refractivity contribution in [1.29, 1.82) is 0 Å². The monoisotopic (exact) mass is 347 g/mol. The van der Waals surface area contributed by atoms with Gasteiger partial charge in [-0.05, 0) is 42.8 Å². The summed E-state index contributed by atoms with van der Waals surface area (Å²) in [4.78, 5) is 13.9. The highest BCUT2D eigenvalue weighted by molar-refractivity contribution is 9.10. The Balaban J connectivity index is 2.27. The molecule has 110 valence electrons. The van der Waals surface area contributed by atoms with Gasteiger partial charge in [0.15, 0.2) is 5.78 Å². The molecule has 21 heavy (non-hydrogen) atoms. The van der Waals surface area contributed by atoms with Gasteiger partial charge in [-0.3, -0.25) is 4.79 Å². The average molecular weight is 348 g/mol. The zero-order valence-corrected chi connectivity index (χ0v) is 14.0. The first-order valence-corrected chi connectivity index (χ1v) is 7.45. The van der Waals surface area contributed by atoms with Gasteiger partial charge in [0.2, 0.25) is 0 Å². The molecule has 0 unspecified atom stereocenters. The molecule has 0 aliphatic carbocycles. The summed E-state index contributed by atoms with van der Waals surface area (Å²) in [6.07, 6.45) is 0. The number of ketones is 1. The molecule has 2 aromatic carbocycles. The molecule has 0 saturated carbocycles. The molecule has 0 saturated heterocycles. The average Bonchev–Trinajstić information content (AvgIpc) is 2.47. The number of anilines is 1. The quantitative estimate of drug-likeness (QED) is 0.755. The van der Waals surface area contributed by atoms with Crippen LogP contribution in [-0.4, -0.2) is 19.9 Å². The van der Waals surface area contributed by atoms with E-state index in [-0.39, 0.29) is 5.78 Å². The lowest BCUT2D eigenvalue weighted by atomic mass is 10.1. The molecule has 3 nitrogen and oxygen atoms in total. The van der Waals surface area contributed by atoms with E-state index in [2.05, 4.69) is 20.8 Å². The van der Waals surface area contributed by atoms with Gasteiger partial charge in [0, 0.05) is 29.3 Å². The maximum atomic E-state index is 11.8. The van der Waals surface area contributed by atoms with Gasteiger partial charge < -0.3 is 9.64 Å². The number of ether oxygens (including phenoxy) is 1. The summed E-state index contributed by atoms with van der Waals surface area (Å²) in [5.74, 6) is 0.896. The first-order valence-electron chi connectivity index (χ1n) is 6.66. The molecule has 0 aliphatic rings. The molecule has 0 bridgehead atoms. The Hall–Kier alpha value is -1.81. The van der Waals surface area contributed by atoms with Crippen LogP contribution in [0.1, 0.15) is 22.8 Å². The number of hydrogen-bond acceptors (Lipinski definition) is 3. The molecule has 2 rings (SSSR count). The number of nitrogens with zero attached hydrogens (tertiary/aromatic N) is 1. The Labute approximate surface area is 133 Å². The summed E-state index contributed by atoms with van der Waals surface area (Å²) in [5.41, 5.74) is 2.78. The smallest absolute Gasteiger partial charge is 0.161 e. The molecule has 2 aromatic rings. The van der Waals surface area contributed by atoms with Crippen molar-refractivity contribution in [3.8, 4) is 5.75 Å². The van der Waals surface area contributed by atoms with Crippen molar-refractivity contribution in [2.75, 3.05) is 19.1 Å².